The van der Waals surface area contributed by atoms with Crippen LogP contribution in [-0.2, 0) is 0 Å². The van der Waals surface area contributed by atoms with Gasteiger partial charge in [0.15, 0.2) is 0 Å². The Balaban J connectivity index is 1.86. The predicted molar refractivity (Wildman–Crippen MR) is 74.4 cm³/mol. The molecule has 1 aliphatic rings. The Morgan fingerprint density at radius 1 is 1.24 bits per heavy atom. The van der Waals surface area contributed by atoms with Gasteiger partial charge in [-0.05, 0) is 31.1 Å². The molecule has 0 saturated carbocycles. The van der Waals surface area contributed by atoms with Crippen molar-refractivity contribution in [2.24, 2.45) is 0 Å². The maximum absolute atomic E-state index is 6.10. The molecule has 1 saturated heterocycles. The van der Waals surface area contributed by atoms with Gasteiger partial charge in [-0.15, -0.1) is 0 Å². The maximum Gasteiger partial charge on any atom is 0.0478 e. The van der Waals surface area contributed by atoms with E-state index in [0.29, 0.717) is 0 Å². The summed E-state index contributed by atoms with van der Waals surface area (Å²) in [7, 11) is 0. The largest absolute Gasteiger partial charge is 0.315 e. The first kappa shape index (κ1) is 12.6. The molecule has 1 fully saturated rings. The molecule has 0 atom stereocenters. The minimum Gasteiger partial charge on any atom is -0.315 e. The standard InChI is InChI=1S/C14H19ClN2/c15-14-7-2-1-5-13(14)6-3-10-17-11-4-8-16-9-12-17/h1-3,5-7,16H,4,8-12H2/b6-3+. The smallest absolute Gasteiger partial charge is 0.0478 e. The first-order valence-corrected chi connectivity index (χ1v) is 6.58. The van der Waals surface area contributed by atoms with Crippen LogP contribution in [0.4, 0.5) is 0 Å². The zero-order valence-corrected chi connectivity index (χ0v) is 10.8. The number of halogens is 1. The fourth-order valence-corrected chi connectivity index (χ4v) is 2.22. The second-order valence-electron chi connectivity index (χ2n) is 4.33. The van der Waals surface area contributed by atoms with Crippen LogP contribution in [0.15, 0.2) is 30.3 Å². The molecule has 1 aromatic carbocycles. The molecule has 92 valence electrons. The van der Waals surface area contributed by atoms with E-state index in [4.69, 9.17) is 11.6 Å². The summed E-state index contributed by atoms with van der Waals surface area (Å²) >= 11 is 6.10. The molecule has 1 heterocycles. The van der Waals surface area contributed by atoms with Gasteiger partial charge in [-0.2, -0.15) is 0 Å². The monoisotopic (exact) mass is 250 g/mol. The van der Waals surface area contributed by atoms with Gasteiger partial charge in [0.25, 0.3) is 0 Å². The summed E-state index contributed by atoms with van der Waals surface area (Å²) in [5.41, 5.74) is 1.10. The molecular formula is C14H19ClN2. The highest BCUT2D eigenvalue weighted by atomic mass is 35.5. The molecule has 2 rings (SSSR count). The molecule has 17 heavy (non-hydrogen) atoms. The van der Waals surface area contributed by atoms with Crippen LogP contribution in [0.2, 0.25) is 5.02 Å². The van der Waals surface area contributed by atoms with Gasteiger partial charge in [-0.25, -0.2) is 0 Å². The lowest BCUT2D eigenvalue weighted by Crippen LogP contribution is -2.28. The van der Waals surface area contributed by atoms with Crippen LogP contribution in [0.3, 0.4) is 0 Å². The van der Waals surface area contributed by atoms with Crippen LogP contribution in [0, 0.1) is 0 Å². The average Bonchev–Trinajstić information content (AvgIpc) is 2.60. The highest BCUT2D eigenvalue weighted by Crippen LogP contribution is 2.16. The van der Waals surface area contributed by atoms with Crippen molar-refractivity contribution in [3.05, 3.63) is 40.9 Å². The highest BCUT2D eigenvalue weighted by Gasteiger charge is 2.05. The third-order valence-corrected chi connectivity index (χ3v) is 3.34. The third-order valence-electron chi connectivity index (χ3n) is 3.00. The first-order valence-electron chi connectivity index (χ1n) is 6.20. The number of rotatable bonds is 3. The lowest BCUT2D eigenvalue weighted by atomic mass is 10.2. The van der Waals surface area contributed by atoms with Crippen LogP contribution in [0.5, 0.6) is 0 Å². The lowest BCUT2D eigenvalue weighted by Gasteiger charge is -2.16. The van der Waals surface area contributed by atoms with Gasteiger partial charge in [0, 0.05) is 24.7 Å². The van der Waals surface area contributed by atoms with Gasteiger partial charge in [-0.1, -0.05) is 42.0 Å². The summed E-state index contributed by atoms with van der Waals surface area (Å²) in [6, 6.07) is 7.95. The summed E-state index contributed by atoms with van der Waals surface area (Å²) in [6.45, 7) is 5.56. The molecule has 1 aliphatic heterocycles. The van der Waals surface area contributed by atoms with Crippen LogP contribution < -0.4 is 5.32 Å². The first-order chi connectivity index (χ1) is 8.36. The second-order valence-corrected chi connectivity index (χ2v) is 4.74. The van der Waals surface area contributed by atoms with Crippen LogP contribution in [0.25, 0.3) is 6.08 Å². The fourth-order valence-electron chi connectivity index (χ4n) is 2.02. The minimum absolute atomic E-state index is 0.821. The number of benzene rings is 1. The Morgan fingerprint density at radius 2 is 2.12 bits per heavy atom. The van der Waals surface area contributed by atoms with Crippen molar-refractivity contribution in [1.82, 2.24) is 10.2 Å². The summed E-state index contributed by atoms with van der Waals surface area (Å²) < 4.78 is 0. The molecule has 0 unspecified atom stereocenters. The third kappa shape index (κ3) is 4.15. The lowest BCUT2D eigenvalue weighted by molar-refractivity contribution is 0.324. The highest BCUT2D eigenvalue weighted by molar-refractivity contribution is 6.32. The SMILES string of the molecule is Clc1ccccc1/C=C/CN1CCCNCC1. The van der Waals surface area contributed by atoms with Crippen LogP contribution in [0.1, 0.15) is 12.0 Å². The molecular weight excluding hydrogens is 232 g/mol. The summed E-state index contributed by atoms with van der Waals surface area (Å²) in [6.07, 6.45) is 5.55. The minimum atomic E-state index is 0.821. The van der Waals surface area contributed by atoms with Gasteiger partial charge >= 0.3 is 0 Å². The molecule has 0 radical (unpaired) electrons. The van der Waals surface area contributed by atoms with E-state index in [1.807, 2.05) is 24.3 Å². The Hall–Kier alpha value is -0.830. The van der Waals surface area contributed by atoms with Gasteiger partial charge in [0.05, 0.1) is 0 Å². The molecule has 2 nitrogen and oxygen atoms in total. The van der Waals surface area contributed by atoms with Gasteiger partial charge < -0.3 is 5.32 Å². The van der Waals surface area contributed by atoms with Crippen molar-refractivity contribution in [3.8, 4) is 0 Å². The molecule has 0 amide bonds. The Bertz CT molecular complexity index is 368. The van der Waals surface area contributed by atoms with E-state index in [2.05, 4.69) is 22.4 Å². The number of hydrogen-bond donors (Lipinski definition) is 1. The quantitative estimate of drug-likeness (QED) is 0.887. The van der Waals surface area contributed by atoms with Crippen molar-refractivity contribution in [3.63, 3.8) is 0 Å². The number of nitrogens with zero attached hydrogens (tertiary/aromatic N) is 1. The average molecular weight is 251 g/mol. The molecule has 3 heteroatoms. The van der Waals surface area contributed by atoms with E-state index in [1.54, 1.807) is 0 Å². The zero-order valence-electron chi connectivity index (χ0n) is 10.0. The molecule has 0 aliphatic carbocycles. The molecule has 0 bridgehead atoms. The summed E-state index contributed by atoms with van der Waals surface area (Å²) in [5.74, 6) is 0. The van der Waals surface area contributed by atoms with Crippen LogP contribution >= 0.6 is 11.6 Å². The Kier molecular flexibility index (Phi) is 5.05. The molecule has 1 N–H and O–H groups in total. The van der Waals surface area contributed by atoms with E-state index < -0.39 is 0 Å². The van der Waals surface area contributed by atoms with E-state index in [1.165, 1.54) is 13.0 Å². The van der Waals surface area contributed by atoms with E-state index in [0.717, 1.165) is 36.8 Å². The Morgan fingerprint density at radius 3 is 3.00 bits per heavy atom. The van der Waals surface area contributed by atoms with Crippen LogP contribution in [-0.4, -0.2) is 37.6 Å². The summed E-state index contributed by atoms with van der Waals surface area (Å²) in [5, 5.41) is 4.23. The van der Waals surface area contributed by atoms with E-state index in [-0.39, 0.29) is 0 Å². The molecule has 0 spiro atoms. The van der Waals surface area contributed by atoms with Gasteiger partial charge in [-0.3, -0.25) is 4.90 Å². The van der Waals surface area contributed by atoms with Gasteiger partial charge in [0.2, 0.25) is 0 Å². The normalized spacial score (nSPS) is 18.4. The molecule has 0 aromatic heterocycles. The van der Waals surface area contributed by atoms with Crippen molar-refractivity contribution in [1.29, 1.82) is 0 Å². The van der Waals surface area contributed by atoms with Gasteiger partial charge in [0.1, 0.15) is 0 Å². The van der Waals surface area contributed by atoms with E-state index >= 15 is 0 Å². The number of nitrogens with one attached hydrogen (secondary N) is 1. The van der Waals surface area contributed by atoms with Crippen molar-refractivity contribution in [2.75, 3.05) is 32.7 Å². The van der Waals surface area contributed by atoms with Crippen molar-refractivity contribution < 1.29 is 0 Å². The van der Waals surface area contributed by atoms with Crippen molar-refractivity contribution >= 4 is 17.7 Å². The molecule has 1 aromatic rings. The van der Waals surface area contributed by atoms with E-state index in [9.17, 15) is 0 Å². The second kappa shape index (κ2) is 6.80. The predicted octanol–water partition coefficient (Wildman–Crippen LogP) is 2.65. The number of hydrogen-bond acceptors (Lipinski definition) is 2. The fraction of sp³-hybridized carbons (Fsp3) is 0.429. The topological polar surface area (TPSA) is 15.3 Å². The zero-order chi connectivity index (χ0) is 11.9. The van der Waals surface area contributed by atoms with Crippen molar-refractivity contribution in [2.45, 2.75) is 6.42 Å². The summed E-state index contributed by atoms with van der Waals surface area (Å²) in [4.78, 5) is 2.47. The Labute approximate surface area is 108 Å². The maximum atomic E-state index is 6.10.